The van der Waals surface area contributed by atoms with E-state index in [9.17, 15) is 14.4 Å². The van der Waals surface area contributed by atoms with Crippen molar-refractivity contribution in [2.45, 2.75) is 57.7 Å². The van der Waals surface area contributed by atoms with E-state index in [1.54, 1.807) is 33.9 Å². The first-order chi connectivity index (χ1) is 15.4. The molecule has 3 aliphatic heterocycles. The van der Waals surface area contributed by atoms with Gasteiger partial charge in [0.05, 0.1) is 17.8 Å². The lowest BCUT2D eigenvalue weighted by atomic mass is 9.85. The number of amides is 3. The zero-order chi connectivity index (χ0) is 22.5. The Balaban J connectivity index is 1.41. The molecule has 3 aliphatic rings. The Morgan fingerprint density at radius 2 is 1.94 bits per heavy atom. The molecule has 0 aromatic carbocycles. The maximum atomic E-state index is 13.4. The molecule has 2 aromatic rings. The van der Waals surface area contributed by atoms with Crippen molar-refractivity contribution in [3.63, 3.8) is 0 Å². The van der Waals surface area contributed by atoms with Crippen molar-refractivity contribution in [1.82, 2.24) is 29.7 Å². The molecule has 1 spiro atoms. The predicted octanol–water partition coefficient (Wildman–Crippen LogP) is 1.30. The van der Waals surface area contributed by atoms with Crippen LogP contribution >= 0.6 is 0 Å². The Morgan fingerprint density at radius 1 is 1.12 bits per heavy atom. The number of hydrogen-bond acceptors (Lipinski definition) is 5. The van der Waals surface area contributed by atoms with Crippen LogP contribution in [0.25, 0.3) is 0 Å². The number of aromatic nitrogens is 3. The number of carbonyl (C=O) groups excluding carboxylic acids is 2. The first-order valence-corrected chi connectivity index (χ1v) is 11.3. The SMILES string of the molecule is CC(C)NC(=O)N1CCC2(CCn3c2nc2c(c3=O)CN(C(=O)c3ccccn3)CC2)C1. The molecule has 168 valence electrons. The van der Waals surface area contributed by atoms with Gasteiger partial charge in [-0.05, 0) is 38.8 Å². The number of rotatable bonds is 2. The molecule has 0 bridgehead atoms. The first-order valence-electron chi connectivity index (χ1n) is 11.3. The molecule has 3 amide bonds. The summed E-state index contributed by atoms with van der Waals surface area (Å²) in [5.74, 6) is 0.644. The number of nitrogens with zero attached hydrogens (tertiary/aromatic N) is 5. The van der Waals surface area contributed by atoms with Crippen molar-refractivity contribution < 1.29 is 9.59 Å². The Morgan fingerprint density at radius 3 is 2.69 bits per heavy atom. The van der Waals surface area contributed by atoms with Crippen LogP contribution in [0.15, 0.2) is 29.2 Å². The standard InChI is InChI=1S/C23H28N6O3/c1-15(2)25-22(32)28-11-7-23(14-28)8-12-29-19(30)16-13-27(10-6-17(16)26-21(23)29)20(31)18-5-3-4-9-24-18/h3-5,9,15H,6-8,10-14H2,1-2H3,(H,25,32). The van der Waals surface area contributed by atoms with Gasteiger partial charge in [-0.2, -0.15) is 0 Å². The lowest BCUT2D eigenvalue weighted by Crippen LogP contribution is -2.44. The van der Waals surface area contributed by atoms with Crippen molar-refractivity contribution in [2.24, 2.45) is 0 Å². The number of likely N-dealkylation sites (tertiary alicyclic amines) is 1. The number of nitrogens with one attached hydrogen (secondary N) is 1. The Kier molecular flexibility index (Phi) is 4.98. The van der Waals surface area contributed by atoms with Gasteiger partial charge in [0.2, 0.25) is 0 Å². The second kappa shape index (κ2) is 7.72. The molecule has 1 unspecified atom stereocenters. The fraction of sp³-hybridized carbons (Fsp3) is 0.522. The van der Waals surface area contributed by atoms with Crippen LogP contribution < -0.4 is 10.9 Å². The van der Waals surface area contributed by atoms with E-state index in [4.69, 9.17) is 4.98 Å². The summed E-state index contributed by atoms with van der Waals surface area (Å²) >= 11 is 0. The van der Waals surface area contributed by atoms with E-state index in [-0.39, 0.29) is 35.5 Å². The molecule has 1 N–H and O–H groups in total. The van der Waals surface area contributed by atoms with Crippen molar-refractivity contribution >= 4 is 11.9 Å². The molecule has 1 atom stereocenters. The monoisotopic (exact) mass is 436 g/mol. The second-order valence-electron chi connectivity index (χ2n) is 9.32. The maximum absolute atomic E-state index is 13.4. The van der Waals surface area contributed by atoms with E-state index < -0.39 is 0 Å². The summed E-state index contributed by atoms with van der Waals surface area (Å²) in [6.45, 7) is 6.51. The third kappa shape index (κ3) is 3.36. The van der Waals surface area contributed by atoms with E-state index in [1.807, 2.05) is 18.7 Å². The lowest BCUT2D eigenvalue weighted by Gasteiger charge is -2.29. The summed E-state index contributed by atoms with van der Waals surface area (Å²) < 4.78 is 1.78. The molecule has 0 radical (unpaired) electrons. The number of urea groups is 1. The molecule has 9 heteroatoms. The molecule has 32 heavy (non-hydrogen) atoms. The molecule has 2 aromatic heterocycles. The van der Waals surface area contributed by atoms with Gasteiger partial charge in [0.25, 0.3) is 11.5 Å². The quantitative estimate of drug-likeness (QED) is 0.765. The molecule has 5 rings (SSSR count). The van der Waals surface area contributed by atoms with Crippen molar-refractivity contribution in [1.29, 1.82) is 0 Å². The van der Waals surface area contributed by atoms with Crippen LogP contribution in [0.4, 0.5) is 4.79 Å². The molecule has 9 nitrogen and oxygen atoms in total. The van der Waals surface area contributed by atoms with Crippen LogP contribution in [-0.4, -0.2) is 61.9 Å². The Hall–Kier alpha value is -3.23. The molecular formula is C23H28N6O3. The average molecular weight is 437 g/mol. The van der Waals surface area contributed by atoms with E-state index in [2.05, 4.69) is 10.3 Å². The van der Waals surface area contributed by atoms with Gasteiger partial charge in [-0.3, -0.25) is 19.1 Å². The van der Waals surface area contributed by atoms with Gasteiger partial charge in [0, 0.05) is 50.3 Å². The van der Waals surface area contributed by atoms with Crippen molar-refractivity contribution in [2.75, 3.05) is 19.6 Å². The largest absolute Gasteiger partial charge is 0.336 e. The molecule has 0 aliphatic carbocycles. The fourth-order valence-corrected chi connectivity index (χ4v) is 5.16. The van der Waals surface area contributed by atoms with Gasteiger partial charge in [-0.15, -0.1) is 0 Å². The topological polar surface area (TPSA) is 100 Å². The lowest BCUT2D eigenvalue weighted by molar-refractivity contribution is 0.0726. The number of carbonyl (C=O) groups is 2. The number of hydrogen-bond donors (Lipinski definition) is 1. The summed E-state index contributed by atoms with van der Waals surface area (Å²) in [4.78, 5) is 51.4. The van der Waals surface area contributed by atoms with Crippen molar-refractivity contribution in [3.8, 4) is 0 Å². The third-order valence-electron chi connectivity index (χ3n) is 6.83. The number of pyridine rings is 1. The summed E-state index contributed by atoms with van der Waals surface area (Å²) in [7, 11) is 0. The highest BCUT2D eigenvalue weighted by Crippen LogP contribution is 2.41. The highest BCUT2D eigenvalue weighted by molar-refractivity contribution is 5.92. The zero-order valence-electron chi connectivity index (χ0n) is 18.5. The highest BCUT2D eigenvalue weighted by Gasteiger charge is 2.48. The molecule has 1 fully saturated rings. The number of fused-ring (bicyclic) bond motifs is 3. The summed E-state index contributed by atoms with van der Waals surface area (Å²) in [5.41, 5.74) is 1.47. The molecule has 1 saturated heterocycles. The summed E-state index contributed by atoms with van der Waals surface area (Å²) in [5, 5.41) is 2.96. The van der Waals surface area contributed by atoms with E-state index in [1.165, 1.54) is 0 Å². The maximum Gasteiger partial charge on any atom is 0.317 e. The summed E-state index contributed by atoms with van der Waals surface area (Å²) in [6.07, 6.45) is 3.76. The minimum Gasteiger partial charge on any atom is -0.336 e. The van der Waals surface area contributed by atoms with Crippen LogP contribution in [0.5, 0.6) is 0 Å². The van der Waals surface area contributed by atoms with Gasteiger partial charge in [-0.1, -0.05) is 6.07 Å². The van der Waals surface area contributed by atoms with Crippen LogP contribution in [0.2, 0.25) is 0 Å². The van der Waals surface area contributed by atoms with Gasteiger partial charge in [0.15, 0.2) is 0 Å². The Labute approximate surface area is 186 Å². The zero-order valence-corrected chi connectivity index (χ0v) is 18.5. The van der Waals surface area contributed by atoms with Crippen LogP contribution in [-0.2, 0) is 24.9 Å². The van der Waals surface area contributed by atoms with Gasteiger partial charge in [0.1, 0.15) is 11.5 Å². The third-order valence-corrected chi connectivity index (χ3v) is 6.83. The predicted molar refractivity (Wildman–Crippen MR) is 117 cm³/mol. The van der Waals surface area contributed by atoms with E-state index in [0.717, 1.165) is 24.4 Å². The van der Waals surface area contributed by atoms with Gasteiger partial charge >= 0.3 is 6.03 Å². The molecular weight excluding hydrogens is 408 g/mol. The Bertz CT molecular complexity index is 1130. The normalized spacial score (nSPS) is 21.7. The first kappa shape index (κ1) is 20.7. The minimum absolute atomic E-state index is 0.0505. The van der Waals surface area contributed by atoms with Crippen molar-refractivity contribution in [3.05, 3.63) is 57.5 Å². The van der Waals surface area contributed by atoms with E-state index >= 15 is 0 Å². The van der Waals surface area contributed by atoms with Crippen LogP contribution in [0, 0.1) is 0 Å². The smallest absolute Gasteiger partial charge is 0.317 e. The summed E-state index contributed by atoms with van der Waals surface area (Å²) in [6, 6.07) is 5.27. The second-order valence-corrected chi connectivity index (χ2v) is 9.32. The minimum atomic E-state index is -0.260. The fourth-order valence-electron chi connectivity index (χ4n) is 5.16. The van der Waals surface area contributed by atoms with E-state index in [0.29, 0.717) is 43.9 Å². The van der Waals surface area contributed by atoms with Gasteiger partial charge < -0.3 is 15.1 Å². The van der Waals surface area contributed by atoms with Crippen LogP contribution in [0.1, 0.15) is 54.3 Å². The average Bonchev–Trinajstić information content (AvgIpc) is 3.38. The van der Waals surface area contributed by atoms with Crippen LogP contribution in [0.3, 0.4) is 0 Å². The highest BCUT2D eigenvalue weighted by atomic mass is 16.2. The molecule has 5 heterocycles. The molecule has 0 saturated carbocycles. The van der Waals surface area contributed by atoms with Gasteiger partial charge in [-0.25, -0.2) is 9.78 Å².